The lowest BCUT2D eigenvalue weighted by atomic mass is 10.0. The number of methoxy groups -OCH3 is 1. The topological polar surface area (TPSA) is 56.8 Å². The number of nitrogens with one attached hydrogen (secondary N) is 1. The molecule has 5 heteroatoms. The highest BCUT2D eigenvalue weighted by Crippen LogP contribution is 2.34. The van der Waals surface area contributed by atoms with E-state index in [4.69, 9.17) is 14.2 Å². The van der Waals surface area contributed by atoms with Crippen LogP contribution in [0.3, 0.4) is 0 Å². The van der Waals surface area contributed by atoms with Crippen LogP contribution in [0, 0.1) is 5.92 Å². The van der Waals surface area contributed by atoms with Crippen LogP contribution in [-0.4, -0.2) is 25.9 Å². The molecule has 0 aliphatic carbocycles. The van der Waals surface area contributed by atoms with Crippen molar-refractivity contribution in [2.45, 2.75) is 39.3 Å². The van der Waals surface area contributed by atoms with Crippen molar-refractivity contribution >= 4 is 5.97 Å². The van der Waals surface area contributed by atoms with E-state index in [1.807, 2.05) is 25.1 Å². The van der Waals surface area contributed by atoms with E-state index in [-0.39, 0.29) is 24.8 Å². The van der Waals surface area contributed by atoms with Crippen LogP contribution >= 0.6 is 0 Å². The Morgan fingerprint density at radius 3 is 2.67 bits per heavy atom. The third-order valence-electron chi connectivity index (χ3n) is 3.54. The lowest BCUT2D eigenvalue weighted by molar-refractivity contribution is -0.143. The largest absolute Gasteiger partial charge is 0.468 e. The molecule has 1 N–H and O–H groups in total. The number of rotatable bonds is 6. The summed E-state index contributed by atoms with van der Waals surface area (Å²) in [4.78, 5) is 11.9. The average Bonchev–Trinajstić information content (AvgIpc) is 2.92. The zero-order chi connectivity index (χ0) is 15.4. The van der Waals surface area contributed by atoms with Gasteiger partial charge in [-0.05, 0) is 37.0 Å². The molecule has 0 fully saturated rings. The van der Waals surface area contributed by atoms with Gasteiger partial charge in [-0.25, -0.2) is 0 Å². The van der Waals surface area contributed by atoms with Crippen LogP contribution in [0.4, 0.5) is 0 Å². The Morgan fingerprint density at radius 1 is 1.29 bits per heavy atom. The number of hydrogen-bond donors (Lipinski definition) is 1. The lowest BCUT2D eigenvalue weighted by Gasteiger charge is -2.23. The minimum absolute atomic E-state index is 0.0161. The highest BCUT2D eigenvalue weighted by atomic mass is 16.7. The molecule has 0 radical (unpaired) electrons. The summed E-state index contributed by atoms with van der Waals surface area (Å²) in [5, 5.41) is 3.34. The van der Waals surface area contributed by atoms with Crippen LogP contribution in [0.5, 0.6) is 11.5 Å². The second-order valence-corrected chi connectivity index (χ2v) is 5.71. The van der Waals surface area contributed by atoms with Gasteiger partial charge in [0.2, 0.25) is 6.79 Å². The van der Waals surface area contributed by atoms with E-state index in [1.165, 1.54) is 7.11 Å². The fourth-order valence-corrected chi connectivity index (χ4v) is 2.43. The van der Waals surface area contributed by atoms with E-state index in [2.05, 4.69) is 19.2 Å². The molecule has 1 aliphatic heterocycles. The highest BCUT2D eigenvalue weighted by Gasteiger charge is 2.23. The Bertz CT molecular complexity index is 501. The summed E-state index contributed by atoms with van der Waals surface area (Å²) >= 11 is 0. The third kappa shape index (κ3) is 3.88. The maximum Gasteiger partial charge on any atom is 0.322 e. The first-order valence-electron chi connectivity index (χ1n) is 7.24. The minimum Gasteiger partial charge on any atom is -0.468 e. The van der Waals surface area contributed by atoms with E-state index in [1.54, 1.807) is 0 Å². The molecule has 21 heavy (non-hydrogen) atoms. The number of ether oxygens (including phenoxy) is 3. The number of fused-ring (bicyclic) bond motifs is 1. The molecule has 0 saturated carbocycles. The Labute approximate surface area is 125 Å². The van der Waals surface area contributed by atoms with Gasteiger partial charge in [0.1, 0.15) is 6.04 Å². The van der Waals surface area contributed by atoms with Gasteiger partial charge in [0.05, 0.1) is 7.11 Å². The monoisotopic (exact) mass is 293 g/mol. The molecule has 1 heterocycles. The quantitative estimate of drug-likeness (QED) is 0.817. The molecule has 0 spiro atoms. The maximum absolute atomic E-state index is 11.9. The molecular formula is C16H23NO4. The predicted molar refractivity (Wildman–Crippen MR) is 79.4 cm³/mol. The Kier molecular flexibility index (Phi) is 5.07. The average molecular weight is 293 g/mol. The molecule has 2 unspecified atom stereocenters. The van der Waals surface area contributed by atoms with Gasteiger partial charge in [0.25, 0.3) is 0 Å². The molecular weight excluding hydrogens is 270 g/mol. The summed E-state index contributed by atoms with van der Waals surface area (Å²) < 4.78 is 15.6. The summed E-state index contributed by atoms with van der Waals surface area (Å²) in [5.41, 5.74) is 1.05. The smallest absolute Gasteiger partial charge is 0.322 e. The van der Waals surface area contributed by atoms with Crippen LogP contribution in [0.1, 0.15) is 38.8 Å². The molecule has 0 amide bonds. The van der Waals surface area contributed by atoms with Gasteiger partial charge in [-0.15, -0.1) is 0 Å². The zero-order valence-corrected chi connectivity index (χ0v) is 13.0. The Hall–Kier alpha value is -1.75. The van der Waals surface area contributed by atoms with Crippen LogP contribution in [0.2, 0.25) is 0 Å². The van der Waals surface area contributed by atoms with Crippen molar-refractivity contribution in [3.05, 3.63) is 23.8 Å². The van der Waals surface area contributed by atoms with Gasteiger partial charge in [0.15, 0.2) is 11.5 Å². The fraction of sp³-hybridized carbons (Fsp3) is 0.562. The molecule has 0 aromatic heterocycles. The highest BCUT2D eigenvalue weighted by molar-refractivity contribution is 5.75. The zero-order valence-electron chi connectivity index (χ0n) is 13.0. The molecule has 116 valence electrons. The summed E-state index contributed by atoms with van der Waals surface area (Å²) in [6.07, 6.45) is 0.738. The summed E-state index contributed by atoms with van der Waals surface area (Å²) in [6, 6.07) is 5.53. The standard InChI is InChI=1S/C16H23NO4/c1-10(2)7-13(16(18)19-4)17-11(3)12-5-6-14-15(8-12)21-9-20-14/h5-6,8,10-11,13,17H,7,9H2,1-4H3. The van der Waals surface area contributed by atoms with E-state index in [0.717, 1.165) is 23.5 Å². The van der Waals surface area contributed by atoms with Crippen LogP contribution < -0.4 is 14.8 Å². The third-order valence-corrected chi connectivity index (χ3v) is 3.54. The predicted octanol–water partition coefficient (Wildman–Crippen LogP) is 2.65. The lowest BCUT2D eigenvalue weighted by Crippen LogP contribution is -2.40. The van der Waals surface area contributed by atoms with E-state index >= 15 is 0 Å². The summed E-state index contributed by atoms with van der Waals surface area (Å²) in [6.45, 7) is 6.46. The van der Waals surface area contributed by atoms with Gasteiger partial charge in [-0.2, -0.15) is 0 Å². The number of carbonyl (C=O) groups excluding carboxylic acids is 1. The molecule has 0 saturated heterocycles. The Morgan fingerprint density at radius 2 is 2.00 bits per heavy atom. The van der Waals surface area contributed by atoms with Gasteiger partial charge < -0.3 is 14.2 Å². The second kappa shape index (κ2) is 6.80. The number of benzene rings is 1. The summed E-state index contributed by atoms with van der Waals surface area (Å²) in [7, 11) is 1.42. The first-order chi connectivity index (χ1) is 10.0. The second-order valence-electron chi connectivity index (χ2n) is 5.71. The normalized spacial score (nSPS) is 15.9. The van der Waals surface area contributed by atoms with Gasteiger partial charge >= 0.3 is 5.97 Å². The molecule has 1 aromatic rings. The minimum atomic E-state index is -0.310. The summed E-state index contributed by atoms with van der Waals surface area (Å²) in [5.74, 6) is 1.69. The molecule has 2 rings (SSSR count). The molecule has 5 nitrogen and oxygen atoms in total. The van der Waals surface area contributed by atoms with Gasteiger partial charge in [-0.3, -0.25) is 10.1 Å². The van der Waals surface area contributed by atoms with Crippen molar-refractivity contribution in [3.8, 4) is 11.5 Å². The molecule has 0 bridgehead atoms. The van der Waals surface area contributed by atoms with Crippen molar-refractivity contribution < 1.29 is 19.0 Å². The van der Waals surface area contributed by atoms with Gasteiger partial charge in [-0.1, -0.05) is 19.9 Å². The van der Waals surface area contributed by atoms with Crippen molar-refractivity contribution in [2.24, 2.45) is 5.92 Å². The number of hydrogen-bond acceptors (Lipinski definition) is 5. The number of carbonyl (C=O) groups is 1. The van der Waals surface area contributed by atoms with Gasteiger partial charge in [0, 0.05) is 6.04 Å². The molecule has 2 atom stereocenters. The van der Waals surface area contributed by atoms with Crippen molar-refractivity contribution in [3.63, 3.8) is 0 Å². The van der Waals surface area contributed by atoms with E-state index < -0.39 is 0 Å². The first kappa shape index (κ1) is 15.6. The van der Waals surface area contributed by atoms with E-state index in [9.17, 15) is 4.79 Å². The van der Waals surface area contributed by atoms with Crippen molar-refractivity contribution in [1.82, 2.24) is 5.32 Å². The fourth-order valence-electron chi connectivity index (χ4n) is 2.43. The number of esters is 1. The van der Waals surface area contributed by atoms with Crippen molar-refractivity contribution in [2.75, 3.05) is 13.9 Å². The first-order valence-corrected chi connectivity index (χ1v) is 7.24. The van der Waals surface area contributed by atoms with E-state index in [0.29, 0.717) is 5.92 Å². The van der Waals surface area contributed by atoms with Crippen LogP contribution in [0.25, 0.3) is 0 Å². The molecule has 1 aliphatic rings. The van der Waals surface area contributed by atoms with Crippen LogP contribution in [-0.2, 0) is 9.53 Å². The SMILES string of the molecule is COC(=O)C(CC(C)C)NC(C)c1ccc2c(c1)OCO2. The van der Waals surface area contributed by atoms with Crippen LogP contribution in [0.15, 0.2) is 18.2 Å². The van der Waals surface area contributed by atoms with Crippen molar-refractivity contribution in [1.29, 1.82) is 0 Å². The maximum atomic E-state index is 11.9. The molecule has 1 aromatic carbocycles. The Balaban J connectivity index is 2.07.